The van der Waals surface area contributed by atoms with Crippen molar-refractivity contribution < 1.29 is 9.13 Å². The van der Waals surface area contributed by atoms with Crippen LogP contribution in [0.3, 0.4) is 0 Å². The summed E-state index contributed by atoms with van der Waals surface area (Å²) >= 11 is 2.97. The molecule has 0 saturated heterocycles. The second-order valence-electron chi connectivity index (χ2n) is 5.49. The van der Waals surface area contributed by atoms with Crippen molar-refractivity contribution in [1.29, 1.82) is 0 Å². The summed E-state index contributed by atoms with van der Waals surface area (Å²) in [5, 5.41) is 1.27. The fourth-order valence-electron chi connectivity index (χ4n) is 2.48. The normalized spacial score (nSPS) is 11.2. The number of hydrogen-bond donors (Lipinski definition) is 0. The molecule has 4 nitrogen and oxygen atoms in total. The molecular formula is C19H19FN2O2S2. The first-order chi connectivity index (χ1) is 12.7. The Morgan fingerprint density at radius 1 is 1.08 bits per heavy atom. The number of benzene rings is 2. The number of hydrogen-bond acceptors (Lipinski definition) is 5. The van der Waals surface area contributed by atoms with E-state index in [1.807, 2.05) is 24.3 Å². The first-order valence-corrected chi connectivity index (χ1v) is 10.2. The molecule has 0 aliphatic carbocycles. The van der Waals surface area contributed by atoms with Gasteiger partial charge in [0.2, 0.25) is 0 Å². The lowest BCUT2D eigenvalue weighted by molar-refractivity contribution is 0.183. The third-order valence-corrected chi connectivity index (χ3v) is 6.04. The number of para-hydroxylation sites is 1. The summed E-state index contributed by atoms with van der Waals surface area (Å²) in [5.74, 6) is 1.23. The van der Waals surface area contributed by atoms with Crippen LogP contribution in [0, 0.1) is 5.82 Å². The molecule has 0 atom stereocenters. The summed E-state index contributed by atoms with van der Waals surface area (Å²) < 4.78 is 20.5. The number of nitrogens with zero attached hydrogens (tertiary/aromatic N) is 2. The minimum atomic E-state index is -0.205. The Labute approximate surface area is 159 Å². The topological polar surface area (TPSA) is 44.1 Å². The first-order valence-electron chi connectivity index (χ1n) is 8.19. The second-order valence-corrected chi connectivity index (χ2v) is 7.69. The lowest BCUT2D eigenvalue weighted by Crippen LogP contribution is -2.25. The number of methoxy groups -OCH3 is 1. The molecule has 1 aromatic heterocycles. The first kappa shape index (κ1) is 18.9. The van der Waals surface area contributed by atoms with E-state index in [2.05, 4.69) is 4.98 Å². The highest BCUT2D eigenvalue weighted by Crippen LogP contribution is 2.24. The maximum absolute atomic E-state index is 13.7. The number of rotatable bonds is 8. The van der Waals surface area contributed by atoms with Crippen molar-refractivity contribution in [2.45, 2.75) is 16.6 Å². The molecule has 3 aromatic rings. The van der Waals surface area contributed by atoms with Crippen LogP contribution in [0.2, 0.25) is 0 Å². The minimum absolute atomic E-state index is 0.0584. The largest absolute Gasteiger partial charge is 0.383 e. The molecule has 0 aliphatic heterocycles. The highest BCUT2D eigenvalue weighted by molar-refractivity contribution is 8.02. The number of fused-ring (bicyclic) bond motifs is 1. The van der Waals surface area contributed by atoms with E-state index in [0.717, 1.165) is 11.5 Å². The summed E-state index contributed by atoms with van der Waals surface area (Å²) in [6.45, 7) is 0.896. The van der Waals surface area contributed by atoms with Crippen molar-refractivity contribution in [3.8, 4) is 0 Å². The van der Waals surface area contributed by atoms with Crippen LogP contribution in [0.1, 0.15) is 0 Å². The van der Waals surface area contributed by atoms with Gasteiger partial charge in [-0.05, 0) is 24.3 Å². The summed E-state index contributed by atoms with van der Waals surface area (Å²) in [4.78, 5) is 18.0. The van der Waals surface area contributed by atoms with Crippen LogP contribution in [0.25, 0.3) is 10.9 Å². The zero-order chi connectivity index (χ0) is 18.4. The van der Waals surface area contributed by atoms with Gasteiger partial charge < -0.3 is 4.74 Å². The molecule has 0 bridgehead atoms. The van der Waals surface area contributed by atoms with E-state index >= 15 is 0 Å². The fraction of sp³-hybridized carbons (Fsp3) is 0.263. The average molecular weight is 391 g/mol. The highest BCUT2D eigenvalue weighted by atomic mass is 32.2. The maximum Gasteiger partial charge on any atom is 0.262 e. The zero-order valence-electron chi connectivity index (χ0n) is 14.4. The molecule has 26 heavy (non-hydrogen) atoms. The molecule has 1 heterocycles. The SMILES string of the molecule is COCCn1c(SCCSc2ccccc2F)nc2ccccc2c1=O. The van der Waals surface area contributed by atoms with Crippen molar-refractivity contribution in [2.75, 3.05) is 25.2 Å². The third-order valence-electron chi connectivity index (χ3n) is 3.75. The molecule has 0 aliphatic rings. The molecule has 3 rings (SSSR count). The fourth-order valence-corrected chi connectivity index (χ4v) is 4.43. The maximum atomic E-state index is 13.7. The van der Waals surface area contributed by atoms with Crippen molar-refractivity contribution in [3.63, 3.8) is 0 Å². The van der Waals surface area contributed by atoms with E-state index in [1.54, 1.807) is 29.9 Å². The monoisotopic (exact) mass is 390 g/mol. The van der Waals surface area contributed by atoms with E-state index in [0.29, 0.717) is 34.1 Å². The van der Waals surface area contributed by atoms with E-state index in [1.165, 1.54) is 29.6 Å². The summed E-state index contributed by atoms with van der Waals surface area (Å²) in [7, 11) is 1.61. The molecule has 0 fully saturated rings. The van der Waals surface area contributed by atoms with Gasteiger partial charge in [0.25, 0.3) is 5.56 Å². The number of thioether (sulfide) groups is 2. The molecule has 0 N–H and O–H groups in total. The molecule has 2 aromatic carbocycles. The highest BCUT2D eigenvalue weighted by Gasteiger charge is 2.11. The predicted molar refractivity (Wildman–Crippen MR) is 106 cm³/mol. The Kier molecular flexibility index (Phi) is 6.71. The molecular weight excluding hydrogens is 371 g/mol. The standard InChI is InChI=1S/C19H19FN2O2S2/c1-24-11-10-22-18(23)14-6-2-4-8-16(14)21-19(22)26-13-12-25-17-9-5-3-7-15(17)20/h2-9H,10-13H2,1H3. The van der Waals surface area contributed by atoms with Gasteiger partial charge in [0.15, 0.2) is 5.16 Å². The van der Waals surface area contributed by atoms with Crippen LogP contribution in [-0.4, -0.2) is 34.8 Å². The lowest BCUT2D eigenvalue weighted by Gasteiger charge is -2.12. The Balaban J connectivity index is 1.75. The Morgan fingerprint density at radius 3 is 2.62 bits per heavy atom. The second kappa shape index (κ2) is 9.21. The molecule has 0 saturated carbocycles. The molecule has 0 spiro atoms. The van der Waals surface area contributed by atoms with Gasteiger partial charge in [0.05, 0.1) is 24.1 Å². The van der Waals surface area contributed by atoms with Gasteiger partial charge in [-0.2, -0.15) is 0 Å². The molecule has 136 valence electrons. The van der Waals surface area contributed by atoms with Crippen LogP contribution in [0.15, 0.2) is 63.4 Å². The van der Waals surface area contributed by atoms with Crippen LogP contribution in [0.5, 0.6) is 0 Å². The number of ether oxygens (including phenoxy) is 1. The van der Waals surface area contributed by atoms with E-state index < -0.39 is 0 Å². The van der Waals surface area contributed by atoms with Gasteiger partial charge in [0, 0.05) is 23.5 Å². The third kappa shape index (κ3) is 4.47. The number of aromatic nitrogens is 2. The van der Waals surface area contributed by atoms with Gasteiger partial charge in [0.1, 0.15) is 5.82 Å². The lowest BCUT2D eigenvalue weighted by atomic mass is 10.2. The van der Waals surface area contributed by atoms with E-state index in [9.17, 15) is 9.18 Å². The van der Waals surface area contributed by atoms with Gasteiger partial charge in [-0.1, -0.05) is 36.0 Å². The van der Waals surface area contributed by atoms with Crippen LogP contribution in [-0.2, 0) is 11.3 Å². The zero-order valence-corrected chi connectivity index (χ0v) is 16.0. The molecule has 7 heteroatoms. The summed E-state index contributed by atoms with van der Waals surface area (Å²) in [5.41, 5.74) is 0.632. The Morgan fingerprint density at radius 2 is 1.81 bits per heavy atom. The smallest absolute Gasteiger partial charge is 0.262 e. The quantitative estimate of drug-likeness (QED) is 0.330. The summed E-state index contributed by atoms with van der Waals surface area (Å²) in [6.07, 6.45) is 0. The van der Waals surface area contributed by atoms with Crippen molar-refractivity contribution in [3.05, 3.63) is 64.7 Å². The van der Waals surface area contributed by atoms with Gasteiger partial charge in [-0.25, -0.2) is 9.37 Å². The van der Waals surface area contributed by atoms with Gasteiger partial charge >= 0.3 is 0 Å². The predicted octanol–water partition coefficient (Wildman–Crippen LogP) is 4.07. The van der Waals surface area contributed by atoms with Crippen molar-refractivity contribution in [2.24, 2.45) is 0 Å². The molecule has 0 radical (unpaired) electrons. The Hall–Kier alpha value is -1.83. The molecule has 0 unspecified atom stereocenters. The summed E-state index contributed by atoms with van der Waals surface area (Å²) in [6, 6.07) is 14.1. The van der Waals surface area contributed by atoms with Crippen LogP contribution >= 0.6 is 23.5 Å². The van der Waals surface area contributed by atoms with Gasteiger partial charge in [-0.15, -0.1) is 11.8 Å². The molecule has 0 amide bonds. The van der Waals surface area contributed by atoms with Crippen molar-refractivity contribution >= 4 is 34.4 Å². The van der Waals surface area contributed by atoms with Crippen molar-refractivity contribution in [1.82, 2.24) is 9.55 Å². The van der Waals surface area contributed by atoms with Crippen LogP contribution < -0.4 is 5.56 Å². The average Bonchev–Trinajstić information content (AvgIpc) is 2.66. The minimum Gasteiger partial charge on any atom is -0.383 e. The van der Waals surface area contributed by atoms with Gasteiger partial charge in [-0.3, -0.25) is 9.36 Å². The van der Waals surface area contributed by atoms with E-state index in [4.69, 9.17) is 4.74 Å². The Bertz CT molecular complexity index is 946. The van der Waals surface area contributed by atoms with E-state index in [-0.39, 0.29) is 11.4 Å². The van der Waals surface area contributed by atoms with Crippen LogP contribution in [0.4, 0.5) is 4.39 Å². The number of halogens is 1.